The maximum atomic E-state index is 13.6. The van der Waals surface area contributed by atoms with E-state index in [2.05, 4.69) is 39.0 Å². The van der Waals surface area contributed by atoms with Crippen LogP contribution in [0, 0.1) is 17.8 Å². The molecule has 0 radical (unpaired) electrons. The lowest BCUT2D eigenvalue weighted by atomic mass is 9.80. The fraction of sp³-hybridized carbons (Fsp3) is 0.286. The van der Waals surface area contributed by atoms with Crippen molar-refractivity contribution < 1.29 is 19.1 Å². The van der Waals surface area contributed by atoms with Gasteiger partial charge in [-0.1, -0.05) is 50.2 Å². The zero-order chi connectivity index (χ0) is 30.9. The molecular weight excluding hydrogens is 554 g/mol. The van der Waals surface area contributed by atoms with E-state index in [0.717, 1.165) is 47.1 Å². The van der Waals surface area contributed by atoms with E-state index in [9.17, 15) is 9.59 Å². The molecule has 0 spiro atoms. The second-order valence-electron chi connectivity index (χ2n) is 10.4. The molecule has 4 aromatic rings. The third kappa shape index (κ3) is 6.70. The average Bonchev–Trinajstić information content (AvgIpc) is 3.48. The molecule has 44 heavy (non-hydrogen) atoms. The van der Waals surface area contributed by atoms with Crippen molar-refractivity contribution in [2.45, 2.75) is 46.5 Å². The van der Waals surface area contributed by atoms with Crippen LogP contribution in [0.15, 0.2) is 90.4 Å². The van der Waals surface area contributed by atoms with Crippen LogP contribution in [0.25, 0.3) is 22.4 Å². The number of rotatable bonds is 10. The maximum absolute atomic E-state index is 13.6. The standard InChI is InChI=1S/C35H35N5O4/c1-4-6-7-12-28-31(34(41)44-20-9-11-25-10-8-18-36-21-25)24(3)39-33(32(28)35(42)43-5-2)26-13-15-27(16-14-26)40-23-38-29-22-37-19-17-30(29)40/h8,10,13-19,21-23,28,39H,4-7,12,20H2,1-3H3. The molecule has 9 nitrogen and oxygen atoms in total. The lowest BCUT2D eigenvalue weighted by molar-refractivity contribution is -0.139. The summed E-state index contributed by atoms with van der Waals surface area (Å²) in [6.45, 7) is 5.86. The van der Waals surface area contributed by atoms with Gasteiger partial charge in [0.05, 0.1) is 35.2 Å². The highest BCUT2D eigenvalue weighted by Crippen LogP contribution is 2.38. The minimum atomic E-state index is -0.505. The number of esters is 2. The number of hydrogen-bond donors (Lipinski definition) is 1. The van der Waals surface area contributed by atoms with Crippen molar-refractivity contribution in [1.29, 1.82) is 0 Å². The first-order chi connectivity index (χ1) is 21.5. The van der Waals surface area contributed by atoms with E-state index in [1.807, 2.05) is 47.9 Å². The van der Waals surface area contributed by atoms with Crippen molar-refractivity contribution in [3.63, 3.8) is 0 Å². The van der Waals surface area contributed by atoms with E-state index < -0.39 is 17.9 Å². The summed E-state index contributed by atoms with van der Waals surface area (Å²) < 4.78 is 13.2. The Bertz CT molecular complexity index is 1760. The number of carbonyl (C=O) groups is 2. The van der Waals surface area contributed by atoms with Crippen molar-refractivity contribution >= 4 is 28.7 Å². The zero-order valence-corrected chi connectivity index (χ0v) is 25.2. The summed E-state index contributed by atoms with van der Waals surface area (Å²) in [6.07, 6.45) is 12.0. The van der Waals surface area contributed by atoms with Crippen LogP contribution in [-0.4, -0.2) is 44.7 Å². The maximum Gasteiger partial charge on any atom is 0.337 e. The van der Waals surface area contributed by atoms with Crippen LogP contribution in [0.5, 0.6) is 0 Å². The highest BCUT2D eigenvalue weighted by atomic mass is 16.5. The van der Waals surface area contributed by atoms with Crippen LogP contribution in [0.4, 0.5) is 0 Å². The summed E-state index contributed by atoms with van der Waals surface area (Å²) >= 11 is 0. The number of pyridine rings is 2. The molecule has 1 aromatic carbocycles. The highest BCUT2D eigenvalue weighted by molar-refractivity contribution is 6.03. The van der Waals surface area contributed by atoms with Gasteiger partial charge in [-0.25, -0.2) is 14.6 Å². The number of hydrogen-bond acceptors (Lipinski definition) is 8. The smallest absolute Gasteiger partial charge is 0.337 e. The molecule has 1 aliphatic heterocycles. The topological polar surface area (TPSA) is 108 Å². The Kier molecular flexibility index (Phi) is 9.82. The molecule has 0 aliphatic carbocycles. The molecule has 1 unspecified atom stereocenters. The van der Waals surface area contributed by atoms with Crippen molar-refractivity contribution in [3.05, 3.63) is 102 Å². The van der Waals surface area contributed by atoms with E-state index in [1.54, 1.807) is 44.1 Å². The van der Waals surface area contributed by atoms with E-state index >= 15 is 0 Å². The molecular formula is C35H35N5O4. The van der Waals surface area contributed by atoms with Crippen LogP contribution in [0.3, 0.4) is 0 Å². The zero-order valence-electron chi connectivity index (χ0n) is 25.2. The van der Waals surface area contributed by atoms with E-state index in [4.69, 9.17) is 9.47 Å². The molecule has 0 fully saturated rings. The number of nitrogens with zero attached hydrogens (tertiary/aromatic N) is 4. The Balaban J connectivity index is 1.47. The van der Waals surface area contributed by atoms with Gasteiger partial charge in [0.1, 0.15) is 11.8 Å². The van der Waals surface area contributed by atoms with Crippen LogP contribution in [-0.2, 0) is 19.1 Å². The van der Waals surface area contributed by atoms with Crippen molar-refractivity contribution in [2.75, 3.05) is 13.2 Å². The minimum Gasteiger partial charge on any atom is -0.463 e. The number of nitrogens with one attached hydrogen (secondary N) is 1. The molecule has 0 amide bonds. The van der Waals surface area contributed by atoms with Gasteiger partial charge in [0.25, 0.3) is 0 Å². The summed E-state index contributed by atoms with van der Waals surface area (Å²) in [7, 11) is 0. The predicted molar refractivity (Wildman–Crippen MR) is 168 cm³/mol. The molecule has 5 rings (SSSR count). The Labute approximate surface area is 257 Å². The van der Waals surface area contributed by atoms with Crippen molar-refractivity contribution in [1.82, 2.24) is 24.8 Å². The van der Waals surface area contributed by atoms with Gasteiger partial charge in [0, 0.05) is 41.5 Å². The third-order valence-corrected chi connectivity index (χ3v) is 7.45. The Morgan fingerprint density at radius 1 is 0.955 bits per heavy atom. The largest absolute Gasteiger partial charge is 0.463 e. The first kappa shape index (κ1) is 30.2. The van der Waals surface area contributed by atoms with Gasteiger partial charge in [0.15, 0.2) is 6.61 Å². The van der Waals surface area contributed by atoms with Crippen LogP contribution in [0.1, 0.15) is 57.6 Å². The number of benzene rings is 1. The molecule has 0 bridgehead atoms. The van der Waals surface area contributed by atoms with E-state index in [0.29, 0.717) is 29.0 Å². The number of ether oxygens (including phenoxy) is 2. The first-order valence-corrected chi connectivity index (χ1v) is 14.8. The number of imidazole rings is 1. The van der Waals surface area contributed by atoms with Gasteiger partial charge in [-0.05, 0) is 56.2 Å². The quantitative estimate of drug-likeness (QED) is 0.141. The van der Waals surface area contributed by atoms with Crippen LogP contribution in [0.2, 0.25) is 0 Å². The van der Waals surface area contributed by atoms with E-state index in [-0.39, 0.29) is 13.2 Å². The summed E-state index contributed by atoms with van der Waals surface area (Å²) in [5.41, 5.74) is 6.31. The Morgan fingerprint density at radius 2 is 1.75 bits per heavy atom. The fourth-order valence-corrected chi connectivity index (χ4v) is 5.38. The monoisotopic (exact) mass is 589 g/mol. The second-order valence-corrected chi connectivity index (χ2v) is 10.4. The Hall–Kier alpha value is -5.23. The van der Waals surface area contributed by atoms with Gasteiger partial charge in [-0.3, -0.25) is 14.5 Å². The molecule has 1 N–H and O–H groups in total. The molecule has 1 atom stereocenters. The predicted octanol–water partition coefficient (Wildman–Crippen LogP) is 5.76. The van der Waals surface area contributed by atoms with Gasteiger partial charge >= 0.3 is 11.9 Å². The average molecular weight is 590 g/mol. The molecule has 3 aromatic heterocycles. The summed E-state index contributed by atoms with van der Waals surface area (Å²) in [6, 6.07) is 13.4. The molecule has 0 saturated carbocycles. The lowest BCUT2D eigenvalue weighted by Crippen LogP contribution is -2.34. The highest BCUT2D eigenvalue weighted by Gasteiger charge is 2.38. The molecule has 9 heteroatoms. The van der Waals surface area contributed by atoms with Gasteiger partial charge in [-0.15, -0.1) is 0 Å². The van der Waals surface area contributed by atoms with Crippen LogP contribution < -0.4 is 5.32 Å². The number of fused-ring (bicyclic) bond motifs is 1. The van der Waals surface area contributed by atoms with Gasteiger partial charge < -0.3 is 14.8 Å². The lowest BCUT2D eigenvalue weighted by Gasteiger charge is -2.31. The summed E-state index contributed by atoms with van der Waals surface area (Å²) in [5, 5.41) is 3.36. The second kappa shape index (κ2) is 14.3. The fourth-order valence-electron chi connectivity index (χ4n) is 5.38. The minimum absolute atomic E-state index is 0.0854. The number of unbranched alkanes of at least 4 members (excludes halogenated alkanes) is 2. The Morgan fingerprint density at radius 3 is 2.50 bits per heavy atom. The molecule has 0 saturated heterocycles. The van der Waals surface area contributed by atoms with Crippen molar-refractivity contribution in [3.8, 4) is 17.5 Å². The molecule has 4 heterocycles. The normalized spacial score (nSPS) is 14.6. The van der Waals surface area contributed by atoms with E-state index in [1.165, 1.54) is 0 Å². The van der Waals surface area contributed by atoms with Gasteiger partial charge in [0.2, 0.25) is 0 Å². The number of allylic oxidation sites excluding steroid dienone is 1. The van der Waals surface area contributed by atoms with Crippen LogP contribution >= 0.6 is 0 Å². The van der Waals surface area contributed by atoms with Gasteiger partial charge in [-0.2, -0.15) is 0 Å². The number of aromatic nitrogens is 4. The third-order valence-electron chi connectivity index (χ3n) is 7.45. The SMILES string of the molecule is CCCCCC1C(C(=O)OCC#Cc2cccnc2)=C(C)NC(c2ccc(-n3cnc4cnccc43)cc2)=C1C(=O)OCC. The molecule has 224 valence electrons. The molecule has 1 aliphatic rings. The first-order valence-electron chi connectivity index (χ1n) is 14.8. The summed E-state index contributed by atoms with van der Waals surface area (Å²) in [5.74, 6) is 4.37. The number of carbonyl (C=O) groups excluding carboxylic acids is 2. The number of dihydropyridines is 1. The van der Waals surface area contributed by atoms with Crippen molar-refractivity contribution in [2.24, 2.45) is 5.92 Å². The summed E-state index contributed by atoms with van der Waals surface area (Å²) in [4.78, 5) is 39.7.